The maximum atomic E-state index is 4.39. The van der Waals surface area contributed by atoms with E-state index in [0.29, 0.717) is 18.1 Å². The van der Waals surface area contributed by atoms with Gasteiger partial charge < -0.3 is 15.5 Å². The summed E-state index contributed by atoms with van der Waals surface area (Å²) in [5, 5.41) is 7.10. The molecule has 0 amide bonds. The lowest BCUT2D eigenvalue weighted by molar-refractivity contribution is 0.167. The van der Waals surface area contributed by atoms with Crippen LogP contribution >= 0.6 is 24.0 Å². The van der Waals surface area contributed by atoms with Crippen molar-refractivity contribution in [2.45, 2.75) is 70.6 Å². The predicted octanol–water partition coefficient (Wildman–Crippen LogP) is 2.12. The van der Waals surface area contributed by atoms with Gasteiger partial charge in [-0.05, 0) is 53.5 Å². The molecule has 2 rings (SSSR count). The maximum absolute atomic E-state index is 4.39. The molecule has 1 heterocycles. The summed E-state index contributed by atoms with van der Waals surface area (Å²) in [4.78, 5) is 9.43. The summed E-state index contributed by atoms with van der Waals surface area (Å²) in [5.41, 5.74) is 0. The first-order chi connectivity index (χ1) is 10.5. The van der Waals surface area contributed by atoms with Crippen molar-refractivity contribution in [3.8, 4) is 0 Å². The number of rotatable bonds is 6. The minimum Gasteiger partial charge on any atom is -0.355 e. The molecule has 1 saturated carbocycles. The van der Waals surface area contributed by atoms with Crippen molar-refractivity contribution in [1.29, 1.82) is 0 Å². The fourth-order valence-corrected chi connectivity index (χ4v) is 3.18. The minimum atomic E-state index is 0. The number of nitrogens with one attached hydrogen (secondary N) is 2. The molecule has 0 bridgehead atoms. The summed E-state index contributed by atoms with van der Waals surface area (Å²) < 4.78 is 0. The van der Waals surface area contributed by atoms with Crippen LogP contribution in [-0.4, -0.2) is 73.7 Å². The zero-order valence-corrected chi connectivity index (χ0v) is 17.8. The van der Waals surface area contributed by atoms with Gasteiger partial charge in [0.25, 0.3) is 0 Å². The summed E-state index contributed by atoms with van der Waals surface area (Å²) >= 11 is 0. The molecule has 2 fully saturated rings. The fraction of sp³-hybridized carbons (Fsp3) is 0.941. The first-order valence-corrected chi connectivity index (χ1v) is 8.94. The molecule has 1 unspecified atom stereocenters. The fourth-order valence-electron chi connectivity index (χ4n) is 3.18. The molecule has 2 N–H and O–H groups in total. The Hall–Kier alpha value is -0.0800. The lowest BCUT2D eigenvalue weighted by Gasteiger charge is -2.35. The SMILES string of the molecule is CN=C(NCC(C)N(C)C1CC1)NC1CCN(C(C)C)CC1.I. The Morgan fingerprint density at radius 3 is 2.26 bits per heavy atom. The summed E-state index contributed by atoms with van der Waals surface area (Å²) in [5.74, 6) is 0.957. The number of guanidine groups is 1. The van der Waals surface area contributed by atoms with E-state index in [1.807, 2.05) is 7.05 Å². The van der Waals surface area contributed by atoms with E-state index in [0.717, 1.165) is 18.5 Å². The highest BCUT2D eigenvalue weighted by atomic mass is 127. The lowest BCUT2D eigenvalue weighted by Crippen LogP contribution is -2.51. The van der Waals surface area contributed by atoms with Crippen molar-refractivity contribution in [2.24, 2.45) is 4.99 Å². The minimum absolute atomic E-state index is 0. The Balaban J connectivity index is 0.00000264. The van der Waals surface area contributed by atoms with E-state index in [4.69, 9.17) is 0 Å². The Morgan fingerprint density at radius 1 is 1.17 bits per heavy atom. The molecule has 6 heteroatoms. The first-order valence-electron chi connectivity index (χ1n) is 8.94. The normalized spacial score (nSPS) is 22.1. The molecule has 1 aliphatic carbocycles. The number of nitrogens with zero attached hydrogens (tertiary/aromatic N) is 3. The van der Waals surface area contributed by atoms with E-state index >= 15 is 0 Å². The van der Waals surface area contributed by atoms with E-state index < -0.39 is 0 Å². The number of hydrogen-bond donors (Lipinski definition) is 2. The third-order valence-corrected chi connectivity index (χ3v) is 5.21. The maximum Gasteiger partial charge on any atom is 0.191 e. The van der Waals surface area contributed by atoms with E-state index in [1.54, 1.807) is 0 Å². The van der Waals surface area contributed by atoms with E-state index in [2.05, 4.69) is 53.2 Å². The summed E-state index contributed by atoms with van der Waals surface area (Å²) in [6, 6.07) is 2.58. The molecule has 0 radical (unpaired) electrons. The van der Waals surface area contributed by atoms with Gasteiger partial charge in [-0.3, -0.25) is 9.89 Å². The summed E-state index contributed by atoms with van der Waals surface area (Å²) in [6.45, 7) is 10.2. The van der Waals surface area contributed by atoms with Crippen LogP contribution in [0.4, 0.5) is 0 Å². The second-order valence-corrected chi connectivity index (χ2v) is 7.25. The molecule has 1 saturated heterocycles. The molecule has 0 aromatic rings. The molecule has 1 aliphatic heterocycles. The lowest BCUT2D eigenvalue weighted by atomic mass is 10.0. The molecule has 2 aliphatic rings. The first kappa shape index (κ1) is 21.0. The number of piperidine rings is 1. The van der Waals surface area contributed by atoms with Gasteiger partial charge in [-0.25, -0.2) is 0 Å². The van der Waals surface area contributed by atoms with Crippen LogP contribution < -0.4 is 10.6 Å². The van der Waals surface area contributed by atoms with Gasteiger partial charge in [-0.1, -0.05) is 0 Å². The van der Waals surface area contributed by atoms with Crippen molar-refractivity contribution >= 4 is 29.9 Å². The monoisotopic (exact) mass is 437 g/mol. The van der Waals surface area contributed by atoms with Crippen LogP contribution in [0.2, 0.25) is 0 Å². The number of likely N-dealkylation sites (tertiary alicyclic amines) is 1. The summed E-state index contributed by atoms with van der Waals surface area (Å²) in [7, 11) is 4.11. The molecule has 23 heavy (non-hydrogen) atoms. The molecular weight excluding hydrogens is 401 g/mol. The Bertz CT molecular complexity index is 362. The molecule has 1 atom stereocenters. The Labute approximate surface area is 159 Å². The van der Waals surface area contributed by atoms with Crippen LogP contribution in [0.1, 0.15) is 46.5 Å². The van der Waals surface area contributed by atoms with Crippen LogP contribution in [0.5, 0.6) is 0 Å². The van der Waals surface area contributed by atoms with Crippen LogP contribution in [0.15, 0.2) is 4.99 Å². The van der Waals surface area contributed by atoms with E-state index in [9.17, 15) is 0 Å². The standard InChI is InChI=1S/C17H35N5.HI/c1-13(2)22-10-8-15(9-11-22)20-17(18-4)19-12-14(3)21(5)16-6-7-16;/h13-16H,6-12H2,1-5H3,(H2,18,19,20);1H. The third-order valence-electron chi connectivity index (χ3n) is 5.21. The van der Waals surface area contributed by atoms with Gasteiger partial charge in [0.1, 0.15) is 0 Å². The highest BCUT2D eigenvalue weighted by molar-refractivity contribution is 14.0. The molecular formula is C17H36IN5. The number of aliphatic imine (C=N–C) groups is 1. The zero-order chi connectivity index (χ0) is 16.1. The molecule has 0 spiro atoms. The predicted molar refractivity (Wildman–Crippen MR) is 110 cm³/mol. The van der Waals surface area contributed by atoms with Gasteiger partial charge in [0, 0.05) is 50.8 Å². The van der Waals surface area contributed by atoms with Crippen LogP contribution in [0.3, 0.4) is 0 Å². The topological polar surface area (TPSA) is 42.9 Å². The number of hydrogen-bond acceptors (Lipinski definition) is 3. The highest BCUT2D eigenvalue weighted by Gasteiger charge is 2.29. The molecule has 5 nitrogen and oxygen atoms in total. The average Bonchev–Trinajstić information content (AvgIpc) is 3.35. The van der Waals surface area contributed by atoms with Crippen LogP contribution in [0.25, 0.3) is 0 Å². The average molecular weight is 437 g/mol. The molecule has 0 aromatic heterocycles. The van der Waals surface area contributed by atoms with Crippen molar-refractivity contribution in [3.63, 3.8) is 0 Å². The van der Waals surface area contributed by atoms with E-state index in [1.165, 1.54) is 38.8 Å². The number of likely N-dealkylation sites (N-methyl/N-ethyl adjacent to an activating group) is 1. The summed E-state index contributed by atoms with van der Waals surface area (Å²) in [6.07, 6.45) is 5.14. The second kappa shape index (κ2) is 10.0. The van der Waals surface area contributed by atoms with Gasteiger partial charge >= 0.3 is 0 Å². The zero-order valence-electron chi connectivity index (χ0n) is 15.5. The van der Waals surface area contributed by atoms with Crippen LogP contribution in [-0.2, 0) is 0 Å². The Morgan fingerprint density at radius 2 is 1.78 bits per heavy atom. The van der Waals surface area contributed by atoms with Crippen molar-refractivity contribution in [3.05, 3.63) is 0 Å². The Kier molecular flexibility index (Phi) is 9.15. The van der Waals surface area contributed by atoms with Crippen LogP contribution in [0, 0.1) is 0 Å². The van der Waals surface area contributed by atoms with Gasteiger partial charge in [-0.2, -0.15) is 0 Å². The molecule has 0 aromatic carbocycles. The quantitative estimate of drug-likeness (QED) is 0.380. The third kappa shape index (κ3) is 6.74. The second-order valence-electron chi connectivity index (χ2n) is 7.25. The smallest absolute Gasteiger partial charge is 0.191 e. The van der Waals surface area contributed by atoms with Crippen molar-refractivity contribution < 1.29 is 0 Å². The van der Waals surface area contributed by atoms with Gasteiger partial charge in [0.15, 0.2) is 5.96 Å². The highest BCUT2D eigenvalue weighted by Crippen LogP contribution is 2.26. The molecule has 136 valence electrons. The van der Waals surface area contributed by atoms with Gasteiger partial charge in [0.2, 0.25) is 0 Å². The van der Waals surface area contributed by atoms with Gasteiger partial charge in [0.05, 0.1) is 0 Å². The number of halogens is 1. The van der Waals surface area contributed by atoms with Crippen molar-refractivity contribution in [1.82, 2.24) is 20.4 Å². The largest absolute Gasteiger partial charge is 0.355 e. The van der Waals surface area contributed by atoms with E-state index in [-0.39, 0.29) is 24.0 Å². The van der Waals surface area contributed by atoms with Gasteiger partial charge in [-0.15, -0.1) is 24.0 Å². The van der Waals surface area contributed by atoms with Crippen molar-refractivity contribution in [2.75, 3.05) is 33.7 Å².